The fraction of sp³-hybridized carbons (Fsp3) is 0.0667. The van der Waals surface area contributed by atoms with Crippen LogP contribution in [0.2, 0.25) is 0 Å². The summed E-state index contributed by atoms with van der Waals surface area (Å²) in [5.74, 6) is 0. The van der Waals surface area contributed by atoms with E-state index < -0.39 is 0 Å². The zero-order chi connectivity index (χ0) is 13.7. The van der Waals surface area contributed by atoms with Gasteiger partial charge in [-0.3, -0.25) is 14.9 Å². The molecular weight excluding hydrogens is 270 g/mol. The zero-order valence-electron chi connectivity index (χ0n) is 10.8. The van der Waals surface area contributed by atoms with Gasteiger partial charge in [-0.15, -0.1) is 11.3 Å². The number of aromatic amines is 1. The molecule has 0 fully saturated rings. The minimum Gasteiger partial charge on any atom is -0.289 e. The summed E-state index contributed by atoms with van der Waals surface area (Å²) in [4.78, 5) is 16.8. The largest absolute Gasteiger partial charge is 0.289 e. The maximum atomic E-state index is 12.5. The van der Waals surface area contributed by atoms with Gasteiger partial charge in [-0.2, -0.15) is 0 Å². The molecule has 3 heterocycles. The average molecular weight is 281 g/mol. The van der Waals surface area contributed by atoms with Gasteiger partial charge in [-0.25, -0.2) is 4.68 Å². The highest BCUT2D eigenvalue weighted by atomic mass is 32.1. The molecular formula is C15H11N3OS. The number of thiophene rings is 1. The van der Waals surface area contributed by atoms with Crippen LogP contribution in [0.1, 0.15) is 5.56 Å². The summed E-state index contributed by atoms with van der Waals surface area (Å²) in [6, 6.07) is 9.82. The smallest absolute Gasteiger partial charge is 0.280 e. The average Bonchev–Trinajstić information content (AvgIpc) is 3.04. The van der Waals surface area contributed by atoms with Gasteiger partial charge in [-0.1, -0.05) is 17.7 Å². The SMILES string of the molecule is Cc1ccc(-n2[nH]c3c(cnc4ccsc43)c2=O)cc1. The Bertz CT molecular complexity index is 976. The summed E-state index contributed by atoms with van der Waals surface area (Å²) in [5.41, 5.74) is 3.71. The van der Waals surface area contributed by atoms with Gasteiger partial charge in [-0.05, 0) is 30.5 Å². The molecule has 4 nitrogen and oxygen atoms in total. The number of nitrogens with zero attached hydrogens (tertiary/aromatic N) is 2. The van der Waals surface area contributed by atoms with Crippen LogP contribution in [-0.4, -0.2) is 14.8 Å². The topological polar surface area (TPSA) is 50.7 Å². The first kappa shape index (κ1) is 11.4. The number of aromatic nitrogens is 3. The van der Waals surface area contributed by atoms with E-state index in [-0.39, 0.29) is 5.56 Å². The molecule has 0 saturated carbocycles. The number of hydrogen-bond donors (Lipinski definition) is 1. The second-order valence-corrected chi connectivity index (χ2v) is 5.69. The Morgan fingerprint density at radius 2 is 2.00 bits per heavy atom. The molecule has 4 rings (SSSR count). The highest BCUT2D eigenvalue weighted by Crippen LogP contribution is 2.25. The van der Waals surface area contributed by atoms with E-state index in [1.54, 1.807) is 22.2 Å². The van der Waals surface area contributed by atoms with Crippen molar-refractivity contribution >= 4 is 32.5 Å². The molecule has 0 spiro atoms. The van der Waals surface area contributed by atoms with Gasteiger partial charge in [0.1, 0.15) is 0 Å². The van der Waals surface area contributed by atoms with Gasteiger partial charge < -0.3 is 0 Å². The van der Waals surface area contributed by atoms with Crippen molar-refractivity contribution in [1.82, 2.24) is 14.8 Å². The third-order valence-electron chi connectivity index (χ3n) is 3.42. The summed E-state index contributed by atoms with van der Waals surface area (Å²) in [7, 11) is 0. The fourth-order valence-electron chi connectivity index (χ4n) is 2.34. The van der Waals surface area contributed by atoms with E-state index in [2.05, 4.69) is 10.1 Å². The van der Waals surface area contributed by atoms with Gasteiger partial charge in [0.05, 0.1) is 26.8 Å². The van der Waals surface area contributed by atoms with Crippen LogP contribution in [0.5, 0.6) is 0 Å². The molecule has 3 aromatic heterocycles. The van der Waals surface area contributed by atoms with Crippen molar-refractivity contribution in [3.63, 3.8) is 0 Å². The van der Waals surface area contributed by atoms with Crippen LogP contribution >= 0.6 is 11.3 Å². The Kier molecular flexibility index (Phi) is 2.31. The molecule has 0 unspecified atom stereocenters. The molecule has 0 aliphatic rings. The van der Waals surface area contributed by atoms with Crippen molar-refractivity contribution in [1.29, 1.82) is 0 Å². The molecule has 1 N–H and O–H groups in total. The number of hydrogen-bond acceptors (Lipinski definition) is 3. The van der Waals surface area contributed by atoms with Crippen molar-refractivity contribution in [3.05, 3.63) is 57.8 Å². The molecule has 0 amide bonds. The van der Waals surface area contributed by atoms with Crippen LogP contribution in [-0.2, 0) is 0 Å². The van der Waals surface area contributed by atoms with Crippen LogP contribution in [0.4, 0.5) is 0 Å². The Hall–Kier alpha value is -2.40. The van der Waals surface area contributed by atoms with E-state index in [0.29, 0.717) is 5.39 Å². The van der Waals surface area contributed by atoms with Gasteiger partial charge in [0, 0.05) is 6.20 Å². The third-order valence-corrected chi connectivity index (χ3v) is 4.34. The van der Waals surface area contributed by atoms with Crippen molar-refractivity contribution in [2.24, 2.45) is 0 Å². The number of aryl methyl sites for hydroxylation is 1. The lowest BCUT2D eigenvalue weighted by Crippen LogP contribution is -2.14. The van der Waals surface area contributed by atoms with Crippen LogP contribution < -0.4 is 5.56 Å². The molecule has 0 bridgehead atoms. The number of nitrogens with one attached hydrogen (secondary N) is 1. The van der Waals surface area contributed by atoms with E-state index in [1.807, 2.05) is 42.6 Å². The highest BCUT2D eigenvalue weighted by molar-refractivity contribution is 7.18. The van der Waals surface area contributed by atoms with E-state index in [9.17, 15) is 4.79 Å². The predicted molar refractivity (Wildman–Crippen MR) is 81.8 cm³/mol. The normalized spacial score (nSPS) is 11.4. The number of fused-ring (bicyclic) bond motifs is 3. The van der Waals surface area contributed by atoms with E-state index in [4.69, 9.17) is 0 Å². The molecule has 0 saturated heterocycles. The van der Waals surface area contributed by atoms with Gasteiger partial charge in [0.15, 0.2) is 0 Å². The summed E-state index contributed by atoms with van der Waals surface area (Å²) in [6.07, 6.45) is 1.65. The summed E-state index contributed by atoms with van der Waals surface area (Å²) < 4.78 is 2.59. The zero-order valence-corrected chi connectivity index (χ0v) is 11.6. The lowest BCUT2D eigenvalue weighted by atomic mass is 10.2. The molecule has 98 valence electrons. The minimum absolute atomic E-state index is 0.0633. The molecule has 4 aromatic rings. The van der Waals surface area contributed by atoms with Crippen molar-refractivity contribution < 1.29 is 0 Å². The second kappa shape index (κ2) is 4.05. The Morgan fingerprint density at radius 1 is 1.20 bits per heavy atom. The van der Waals surface area contributed by atoms with Gasteiger partial charge in [0.25, 0.3) is 5.56 Å². The lowest BCUT2D eigenvalue weighted by molar-refractivity contribution is 0.864. The summed E-state index contributed by atoms with van der Waals surface area (Å²) in [5, 5.41) is 5.81. The lowest BCUT2D eigenvalue weighted by Gasteiger charge is -2.01. The van der Waals surface area contributed by atoms with Gasteiger partial charge in [0.2, 0.25) is 0 Å². The van der Waals surface area contributed by atoms with E-state index in [1.165, 1.54) is 5.56 Å². The van der Waals surface area contributed by atoms with Crippen LogP contribution in [0, 0.1) is 6.92 Å². The fourth-order valence-corrected chi connectivity index (χ4v) is 3.19. The van der Waals surface area contributed by atoms with Crippen molar-refractivity contribution in [3.8, 4) is 5.69 Å². The number of pyridine rings is 1. The Morgan fingerprint density at radius 3 is 2.80 bits per heavy atom. The van der Waals surface area contributed by atoms with Gasteiger partial charge >= 0.3 is 0 Å². The van der Waals surface area contributed by atoms with Crippen molar-refractivity contribution in [2.75, 3.05) is 0 Å². The summed E-state index contributed by atoms with van der Waals surface area (Å²) in [6.45, 7) is 2.02. The first-order chi connectivity index (χ1) is 9.74. The maximum absolute atomic E-state index is 12.5. The second-order valence-electron chi connectivity index (χ2n) is 4.77. The Balaban J connectivity index is 2.07. The van der Waals surface area contributed by atoms with Crippen LogP contribution in [0.3, 0.4) is 0 Å². The minimum atomic E-state index is -0.0633. The monoisotopic (exact) mass is 281 g/mol. The molecule has 1 aromatic carbocycles. The van der Waals surface area contributed by atoms with E-state index in [0.717, 1.165) is 21.4 Å². The predicted octanol–water partition coefficient (Wildman–Crippen LogP) is 3.24. The Labute approximate surface area is 118 Å². The molecule has 0 aliphatic heterocycles. The quantitative estimate of drug-likeness (QED) is 0.582. The van der Waals surface area contributed by atoms with Crippen LogP contribution in [0.15, 0.2) is 46.7 Å². The molecule has 0 aliphatic carbocycles. The molecule has 20 heavy (non-hydrogen) atoms. The third kappa shape index (κ3) is 1.53. The van der Waals surface area contributed by atoms with Crippen molar-refractivity contribution in [2.45, 2.75) is 6.92 Å². The summed E-state index contributed by atoms with van der Waals surface area (Å²) >= 11 is 1.59. The molecule has 5 heteroatoms. The number of H-pyrrole nitrogens is 1. The number of rotatable bonds is 1. The maximum Gasteiger partial charge on any atom is 0.280 e. The molecule has 0 radical (unpaired) electrons. The van der Waals surface area contributed by atoms with E-state index >= 15 is 0 Å². The first-order valence-electron chi connectivity index (χ1n) is 6.28. The first-order valence-corrected chi connectivity index (χ1v) is 7.16. The molecule has 0 atom stereocenters. The standard InChI is InChI=1S/C15H11N3OS/c1-9-2-4-10(5-3-9)18-15(19)11-8-16-12-6-7-20-14(12)13(11)17-18/h2-8,17H,1H3. The number of benzene rings is 1. The highest BCUT2D eigenvalue weighted by Gasteiger charge is 2.12. The van der Waals surface area contributed by atoms with Crippen LogP contribution in [0.25, 0.3) is 26.8 Å².